The lowest BCUT2D eigenvalue weighted by Gasteiger charge is -2.10. The quantitative estimate of drug-likeness (QED) is 0.729. The SMILES string of the molecule is C=Cc1c(C)n(S(=O)(=O)c2ccc(C)cc2)c2ccccc12. The highest BCUT2D eigenvalue weighted by molar-refractivity contribution is 7.90. The third-order valence-corrected chi connectivity index (χ3v) is 5.69. The van der Waals surface area contributed by atoms with E-state index in [0.717, 1.165) is 16.5 Å². The maximum absolute atomic E-state index is 13.0. The van der Waals surface area contributed by atoms with Gasteiger partial charge in [-0.25, -0.2) is 12.4 Å². The molecule has 2 aromatic carbocycles. The molecule has 0 radical (unpaired) electrons. The Kier molecular flexibility index (Phi) is 3.41. The van der Waals surface area contributed by atoms with Crippen molar-refractivity contribution in [2.24, 2.45) is 0 Å². The Hall–Kier alpha value is -2.33. The molecule has 3 rings (SSSR count). The number of aromatic nitrogens is 1. The minimum absolute atomic E-state index is 0.289. The van der Waals surface area contributed by atoms with Gasteiger partial charge in [0.05, 0.1) is 10.4 Å². The van der Waals surface area contributed by atoms with Crippen molar-refractivity contribution >= 4 is 27.0 Å². The van der Waals surface area contributed by atoms with E-state index in [9.17, 15) is 8.42 Å². The Morgan fingerprint density at radius 2 is 1.64 bits per heavy atom. The lowest BCUT2D eigenvalue weighted by molar-refractivity contribution is 0.588. The summed E-state index contributed by atoms with van der Waals surface area (Å²) in [5, 5.41) is 0.894. The van der Waals surface area contributed by atoms with E-state index in [1.54, 1.807) is 18.2 Å². The van der Waals surface area contributed by atoms with E-state index in [-0.39, 0.29) is 4.90 Å². The highest BCUT2D eigenvalue weighted by atomic mass is 32.2. The van der Waals surface area contributed by atoms with Crippen LogP contribution in [0.4, 0.5) is 0 Å². The van der Waals surface area contributed by atoms with E-state index < -0.39 is 10.0 Å². The Bertz CT molecular complexity index is 964. The molecule has 0 bridgehead atoms. The van der Waals surface area contributed by atoms with Crippen molar-refractivity contribution < 1.29 is 8.42 Å². The van der Waals surface area contributed by atoms with Gasteiger partial charge in [-0.3, -0.25) is 0 Å². The summed E-state index contributed by atoms with van der Waals surface area (Å²) in [6, 6.07) is 14.4. The first-order valence-corrected chi connectivity index (χ1v) is 8.45. The second kappa shape index (κ2) is 5.14. The highest BCUT2D eigenvalue weighted by Crippen LogP contribution is 2.30. The average molecular weight is 311 g/mol. The summed E-state index contributed by atoms with van der Waals surface area (Å²) < 4.78 is 27.5. The van der Waals surface area contributed by atoms with Crippen LogP contribution in [0, 0.1) is 13.8 Å². The van der Waals surface area contributed by atoms with Gasteiger partial charge < -0.3 is 0 Å². The van der Waals surface area contributed by atoms with Crippen molar-refractivity contribution in [3.05, 3.63) is 71.9 Å². The molecule has 112 valence electrons. The fourth-order valence-electron chi connectivity index (χ4n) is 2.75. The van der Waals surface area contributed by atoms with Gasteiger partial charge >= 0.3 is 0 Å². The van der Waals surface area contributed by atoms with E-state index in [1.807, 2.05) is 50.2 Å². The Morgan fingerprint density at radius 1 is 1.00 bits per heavy atom. The van der Waals surface area contributed by atoms with Gasteiger partial charge in [-0.15, -0.1) is 0 Å². The second-order valence-electron chi connectivity index (χ2n) is 5.30. The minimum atomic E-state index is -3.63. The van der Waals surface area contributed by atoms with Gasteiger partial charge in [0.15, 0.2) is 0 Å². The molecule has 0 atom stereocenters. The number of benzene rings is 2. The summed E-state index contributed by atoms with van der Waals surface area (Å²) in [5.74, 6) is 0. The Balaban J connectivity index is 2.37. The van der Waals surface area contributed by atoms with Crippen LogP contribution >= 0.6 is 0 Å². The van der Waals surface area contributed by atoms with Gasteiger partial charge in [0, 0.05) is 16.6 Å². The maximum Gasteiger partial charge on any atom is 0.268 e. The smallest absolute Gasteiger partial charge is 0.238 e. The van der Waals surface area contributed by atoms with Gasteiger partial charge in [-0.05, 0) is 32.0 Å². The number of para-hydroxylation sites is 1. The zero-order valence-corrected chi connectivity index (χ0v) is 13.4. The average Bonchev–Trinajstić information content (AvgIpc) is 2.79. The molecule has 4 heteroatoms. The third-order valence-electron chi connectivity index (χ3n) is 3.87. The van der Waals surface area contributed by atoms with Crippen LogP contribution in [0.5, 0.6) is 0 Å². The molecule has 0 N–H and O–H groups in total. The van der Waals surface area contributed by atoms with E-state index in [0.29, 0.717) is 11.2 Å². The number of rotatable bonds is 3. The molecule has 1 aromatic heterocycles. The lowest BCUT2D eigenvalue weighted by Crippen LogP contribution is -2.14. The fraction of sp³-hybridized carbons (Fsp3) is 0.111. The van der Waals surface area contributed by atoms with Gasteiger partial charge in [-0.2, -0.15) is 0 Å². The van der Waals surface area contributed by atoms with Crippen LogP contribution in [0.1, 0.15) is 16.8 Å². The van der Waals surface area contributed by atoms with Crippen molar-refractivity contribution in [2.45, 2.75) is 18.7 Å². The highest BCUT2D eigenvalue weighted by Gasteiger charge is 2.23. The largest absolute Gasteiger partial charge is 0.268 e. The zero-order valence-electron chi connectivity index (χ0n) is 12.6. The monoisotopic (exact) mass is 311 g/mol. The molecule has 0 saturated heterocycles. The molecular formula is C18H17NO2S. The van der Waals surface area contributed by atoms with Crippen LogP contribution in [0.15, 0.2) is 60.0 Å². The summed E-state index contributed by atoms with van der Waals surface area (Å²) in [5.41, 5.74) is 3.23. The number of nitrogens with zero attached hydrogens (tertiary/aromatic N) is 1. The zero-order chi connectivity index (χ0) is 15.9. The lowest BCUT2D eigenvalue weighted by atomic mass is 10.1. The van der Waals surface area contributed by atoms with Crippen LogP contribution in [-0.4, -0.2) is 12.4 Å². The van der Waals surface area contributed by atoms with Crippen molar-refractivity contribution in [3.63, 3.8) is 0 Å². The normalized spacial score (nSPS) is 11.7. The molecule has 0 saturated carbocycles. The number of fused-ring (bicyclic) bond motifs is 1. The van der Waals surface area contributed by atoms with Crippen molar-refractivity contribution in [1.82, 2.24) is 3.97 Å². The van der Waals surface area contributed by atoms with Crippen LogP contribution in [0.25, 0.3) is 17.0 Å². The molecular weight excluding hydrogens is 294 g/mol. The Labute approximate surface area is 130 Å². The molecule has 1 heterocycles. The van der Waals surface area contributed by atoms with Crippen molar-refractivity contribution in [1.29, 1.82) is 0 Å². The molecule has 0 aliphatic carbocycles. The predicted molar refractivity (Wildman–Crippen MR) is 90.5 cm³/mol. The van der Waals surface area contributed by atoms with Crippen LogP contribution in [0.2, 0.25) is 0 Å². The van der Waals surface area contributed by atoms with Gasteiger partial charge in [0.1, 0.15) is 0 Å². The van der Waals surface area contributed by atoms with E-state index >= 15 is 0 Å². The van der Waals surface area contributed by atoms with E-state index in [2.05, 4.69) is 6.58 Å². The van der Waals surface area contributed by atoms with Gasteiger partial charge in [-0.1, -0.05) is 48.6 Å². The fourth-order valence-corrected chi connectivity index (χ4v) is 4.31. The molecule has 0 spiro atoms. The Morgan fingerprint density at radius 3 is 2.27 bits per heavy atom. The van der Waals surface area contributed by atoms with Gasteiger partial charge in [0.2, 0.25) is 0 Å². The maximum atomic E-state index is 13.0. The van der Waals surface area contributed by atoms with Crippen LogP contribution in [-0.2, 0) is 10.0 Å². The standard InChI is InChI=1S/C18H17NO2S/c1-4-16-14(3)19(18-8-6-5-7-17(16)18)22(20,21)15-11-9-13(2)10-12-15/h4-12H,1H2,2-3H3. The molecule has 0 unspecified atom stereocenters. The van der Waals surface area contributed by atoms with E-state index in [4.69, 9.17) is 0 Å². The third kappa shape index (κ3) is 2.07. The van der Waals surface area contributed by atoms with Gasteiger partial charge in [0.25, 0.3) is 10.0 Å². The van der Waals surface area contributed by atoms with E-state index in [1.165, 1.54) is 3.97 Å². The molecule has 3 aromatic rings. The number of aryl methyl sites for hydroxylation is 1. The van der Waals surface area contributed by atoms with Crippen LogP contribution < -0.4 is 0 Å². The first kappa shape index (κ1) is 14.6. The summed E-state index contributed by atoms with van der Waals surface area (Å²) in [6.45, 7) is 7.55. The molecule has 0 fully saturated rings. The first-order chi connectivity index (χ1) is 10.5. The first-order valence-electron chi connectivity index (χ1n) is 7.01. The summed E-state index contributed by atoms with van der Waals surface area (Å²) in [4.78, 5) is 0.289. The van der Waals surface area contributed by atoms with Crippen molar-refractivity contribution in [3.8, 4) is 0 Å². The minimum Gasteiger partial charge on any atom is -0.238 e. The molecule has 0 aliphatic heterocycles. The molecule has 0 amide bonds. The molecule has 22 heavy (non-hydrogen) atoms. The molecule has 0 aliphatic rings. The van der Waals surface area contributed by atoms with Crippen LogP contribution in [0.3, 0.4) is 0 Å². The molecule has 3 nitrogen and oxygen atoms in total. The number of hydrogen-bond donors (Lipinski definition) is 0. The second-order valence-corrected chi connectivity index (χ2v) is 7.09. The summed E-state index contributed by atoms with van der Waals surface area (Å²) in [6.07, 6.45) is 1.71. The number of hydrogen-bond acceptors (Lipinski definition) is 2. The predicted octanol–water partition coefficient (Wildman–Crippen LogP) is 4.14. The summed E-state index contributed by atoms with van der Waals surface area (Å²) in [7, 11) is -3.63. The van der Waals surface area contributed by atoms with Crippen molar-refractivity contribution in [2.75, 3.05) is 0 Å². The summed E-state index contributed by atoms with van der Waals surface area (Å²) >= 11 is 0. The topological polar surface area (TPSA) is 39.1 Å².